The lowest BCUT2D eigenvalue weighted by Gasteiger charge is -2.11. The molecular weight excluding hydrogens is 194 g/mol. The van der Waals surface area contributed by atoms with Gasteiger partial charge in [-0.2, -0.15) is 10.1 Å². The number of aromatic nitrogens is 5. The van der Waals surface area contributed by atoms with E-state index in [9.17, 15) is 0 Å². The largest absolute Gasteiger partial charge is 0.368 e. The SMILES string of the molecule is CC(Cn1cccn1)Nc1n[nH]c(N)n1. The lowest BCUT2D eigenvalue weighted by atomic mass is 10.3. The highest BCUT2D eigenvalue weighted by Gasteiger charge is 2.06. The van der Waals surface area contributed by atoms with E-state index >= 15 is 0 Å². The van der Waals surface area contributed by atoms with Crippen LogP contribution < -0.4 is 11.1 Å². The molecule has 1 unspecified atom stereocenters. The second-order valence-corrected chi connectivity index (χ2v) is 3.32. The second-order valence-electron chi connectivity index (χ2n) is 3.32. The number of hydrogen-bond acceptors (Lipinski definition) is 5. The summed E-state index contributed by atoms with van der Waals surface area (Å²) in [6, 6.07) is 2.07. The van der Waals surface area contributed by atoms with E-state index < -0.39 is 0 Å². The van der Waals surface area contributed by atoms with Crippen LogP contribution in [0.4, 0.5) is 11.9 Å². The predicted molar refractivity (Wildman–Crippen MR) is 56.1 cm³/mol. The van der Waals surface area contributed by atoms with Crippen molar-refractivity contribution in [2.24, 2.45) is 0 Å². The van der Waals surface area contributed by atoms with Gasteiger partial charge in [0.1, 0.15) is 0 Å². The van der Waals surface area contributed by atoms with Crippen molar-refractivity contribution in [2.45, 2.75) is 19.5 Å². The summed E-state index contributed by atoms with van der Waals surface area (Å²) >= 11 is 0. The van der Waals surface area contributed by atoms with Gasteiger partial charge in [0, 0.05) is 18.4 Å². The monoisotopic (exact) mass is 207 g/mol. The summed E-state index contributed by atoms with van der Waals surface area (Å²) in [7, 11) is 0. The minimum absolute atomic E-state index is 0.181. The first-order chi connectivity index (χ1) is 7.24. The van der Waals surface area contributed by atoms with Crippen molar-refractivity contribution < 1.29 is 0 Å². The molecule has 2 heterocycles. The Morgan fingerprint density at radius 1 is 1.67 bits per heavy atom. The Labute approximate surface area is 86.7 Å². The number of nitrogen functional groups attached to an aromatic ring is 1. The molecule has 0 saturated carbocycles. The highest BCUT2D eigenvalue weighted by atomic mass is 15.3. The first-order valence-corrected chi connectivity index (χ1v) is 4.66. The number of rotatable bonds is 4. The Kier molecular flexibility index (Phi) is 2.53. The van der Waals surface area contributed by atoms with Crippen LogP contribution in [0, 0.1) is 0 Å². The van der Waals surface area contributed by atoms with Crippen LogP contribution in [-0.2, 0) is 6.54 Å². The van der Waals surface area contributed by atoms with Crippen LogP contribution in [0.2, 0.25) is 0 Å². The number of anilines is 2. The number of hydrogen-bond donors (Lipinski definition) is 3. The summed E-state index contributed by atoms with van der Waals surface area (Å²) < 4.78 is 1.84. The van der Waals surface area contributed by atoms with Crippen LogP contribution in [0.5, 0.6) is 0 Å². The van der Waals surface area contributed by atoms with Crippen molar-refractivity contribution in [1.29, 1.82) is 0 Å². The Balaban J connectivity index is 1.90. The first-order valence-electron chi connectivity index (χ1n) is 4.66. The molecule has 1 atom stereocenters. The van der Waals surface area contributed by atoms with E-state index in [1.807, 2.05) is 23.9 Å². The second kappa shape index (κ2) is 3.99. The molecule has 0 amide bonds. The molecule has 15 heavy (non-hydrogen) atoms. The van der Waals surface area contributed by atoms with E-state index in [0.717, 1.165) is 6.54 Å². The summed E-state index contributed by atoms with van der Waals surface area (Å²) in [5, 5.41) is 13.7. The normalized spacial score (nSPS) is 12.6. The maximum Gasteiger partial charge on any atom is 0.243 e. The Bertz CT molecular complexity index is 404. The molecule has 0 saturated heterocycles. The number of aromatic amines is 1. The van der Waals surface area contributed by atoms with Gasteiger partial charge in [0.25, 0.3) is 0 Å². The minimum atomic E-state index is 0.181. The Morgan fingerprint density at radius 3 is 3.13 bits per heavy atom. The maximum atomic E-state index is 5.40. The molecular formula is C8H13N7. The molecule has 0 fully saturated rings. The van der Waals surface area contributed by atoms with Gasteiger partial charge in [-0.05, 0) is 13.0 Å². The number of nitrogens with one attached hydrogen (secondary N) is 2. The van der Waals surface area contributed by atoms with Gasteiger partial charge in [-0.25, -0.2) is 5.10 Å². The quantitative estimate of drug-likeness (QED) is 0.659. The third kappa shape index (κ3) is 2.46. The zero-order valence-electron chi connectivity index (χ0n) is 8.38. The highest BCUT2D eigenvalue weighted by Crippen LogP contribution is 2.02. The van der Waals surface area contributed by atoms with Gasteiger partial charge in [0.15, 0.2) is 0 Å². The Hall–Kier alpha value is -2.05. The fraction of sp³-hybridized carbons (Fsp3) is 0.375. The van der Waals surface area contributed by atoms with Crippen LogP contribution in [-0.4, -0.2) is 31.0 Å². The fourth-order valence-electron chi connectivity index (χ4n) is 1.29. The first kappa shape index (κ1) is 9.50. The van der Waals surface area contributed by atoms with E-state index in [4.69, 9.17) is 5.73 Å². The molecule has 80 valence electrons. The third-order valence-corrected chi connectivity index (χ3v) is 1.90. The molecule has 0 aromatic carbocycles. The molecule has 0 bridgehead atoms. The van der Waals surface area contributed by atoms with E-state index in [0.29, 0.717) is 11.9 Å². The van der Waals surface area contributed by atoms with Crippen LogP contribution in [0.15, 0.2) is 18.5 Å². The van der Waals surface area contributed by atoms with Crippen LogP contribution >= 0.6 is 0 Å². The van der Waals surface area contributed by atoms with E-state index in [1.165, 1.54) is 0 Å². The summed E-state index contributed by atoms with van der Waals surface area (Å²) in [4.78, 5) is 3.95. The molecule has 0 aliphatic rings. The van der Waals surface area contributed by atoms with E-state index in [-0.39, 0.29) is 6.04 Å². The van der Waals surface area contributed by atoms with Crippen LogP contribution in [0.25, 0.3) is 0 Å². The summed E-state index contributed by atoms with van der Waals surface area (Å²) in [5.41, 5.74) is 5.40. The average molecular weight is 207 g/mol. The number of H-pyrrole nitrogens is 1. The van der Waals surface area contributed by atoms with Gasteiger partial charge in [0.2, 0.25) is 11.9 Å². The van der Waals surface area contributed by atoms with Gasteiger partial charge in [-0.15, -0.1) is 5.10 Å². The van der Waals surface area contributed by atoms with Gasteiger partial charge < -0.3 is 11.1 Å². The molecule has 7 heteroatoms. The van der Waals surface area contributed by atoms with Crippen molar-refractivity contribution in [3.8, 4) is 0 Å². The topological polar surface area (TPSA) is 97.4 Å². The average Bonchev–Trinajstić information content (AvgIpc) is 2.77. The lowest BCUT2D eigenvalue weighted by Crippen LogP contribution is -2.22. The molecule has 7 nitrogen and oxygen atoms in total. The standard InChI is InChI=1S/C8H13N7/c1-6(5-15-4-2-3-10-15)11-8-12-7(9)13-14-8/h2-4,6H,5H2,1H3,(H4,9,11,12,13,14). The van der Waals surface area contributed by atoms with E-state index in [2.05, 4.69) is 25.6 Å². The van der Waals surface area contributed by atoms with Crippen molar-refractivity contribution in [1.82, 2.24) is 25.0 Å². The van der Waals surface area contributed by atoms with Gasteiger partial charge >= 0.3 is 0 Å². The van der Waals surface area contributed by atoms with Crippen molar-refractivity contribution >= 4 is 11.9 Å². The highest BCUT2D eigenvalue weighted by molar-refractivity contribution is 5.30. The van der Waals surface area contributed by atoms with Crippen molar-refractivity contribution in [3.63, 3.8) is 0 Å². The summed E-state index contributed by atoms with van der Waals surface area (Å²) in [5.74, 6) is 0.816. The van der Waals surface area contributed by atoms with Crippen LogP contribution in [0.3, 0.4) is 0 Å². The van der Waals surface area contributed by atoms with Crippen molar-refractivity contribution in [2.75, 3.05) is 11.1 Å². The molecule has 0 aliphatic heterocycles. The lowest BCUT2D eigenvalue weighted by molar-refractivity contribution is 0.558. The molecule has 2 aromatic heterocycles. The molecule has 2 rings (SSSR count). The molecule has 2 aromatic rings. The van der Waals surface area contributed by atoms with Crippen molar-refractivity contribution in [3.05, 3.63) is 18.5 Å². The van der Waals surface area contributed by atoms with Gasteiger partial charge in [-0.1, -0.05) is 0 Å². The van der Waals surface area contributed by atoms with Gasteiger partial charge in [0.05, 0.1) is 6.54 Å². The fourth-order valence-corrected chi connectivity index (χ4v) is 1.29. The summed E-state index contributed by atoms with van der Waals surface area (Å²) in [6.45, 7) is 2.77. The molecule has 0 radical (unpaired) electrons. The predicted octanol–water partition coefficient (Wildman–Crippen LogP) is 0.0840. The minimum Gasteiger partial charge on any atom is -0.368 e. The number of nitrogens with zero attached hydrogens (tertiary/aromatic N) is 4. The maximum absolute atomic E-state index is 5.40. The van der Waals surface area contributed by atoms with E-state index in [1.54, 1.807) is 6.20 Å². The Morgan fingerprint density at radius 2 is 2.53 bits per heavy atom. The van der Waals surface area contributed by atoms with Crippen LogP contribution in [0.1, 0.15) is 6.92 Å². The van der Waals surface area contributed by atoms with Gasteiger partial charge in [-0.3, -0.25) is 4.68 Å². The molecule has 0 aliphatic carbocycles. The zero-order valence-corrected chi connectivity index (χ0v) is 8.38. The molecule has 0 spiro atoms. The molecule has 4 N–H and O–H groups in total. The third-order valence-electron chi connectivity index (χ3n) is 1.90. The zero-order chi connectivity index (χ0) is 10.7. The number of nitrogens with two attached hydrogens (primary N) is 1. The summed E-state index contributed by atoms with van der Waals surface area (Å²) in [6.07, 6.45) is 3.65. The smallest absolute Gasteiger partial charge is 0.243 e.